The van der Waals surface area contributed by atoms with Crippen LogP contribution in [0.5, 0.6) is 0 Å². The molecular formula is C6H9BrO2. The van der Waals surface area contributed by atoms with Crippen LogP contribution < -0.4 is 0 Å². The Labute approximate surface area is 62.7 Å². The van der Waals surface area contributed by atoms with Gasteiger partial charge in [-0.1, -0.05) is 15.9 Å². The van der Waals surface area contributed by atoms with Crippen LogP contribution >= 0.6 is 15.9 Å². The smallest absolute Gasteiger partial charge is 0.312 e. The van der Waals surface area contributed by atoms with Crippen molar-refractivity contribution in [2.75, 3.05) is 7.11 Å². The van der Waals surface area contributed by atoms with Crippen LogP contribution in [0.1, 0.15) is 13.3 Å². The van der Waals surface area contributed by atoms with Crippen molar-refractivity contribution in [2.24, 2.45) is 5.41 Å². The van der Waals surface area contributed by atoms with E-state index in [1.54, 1.807) is 0 Å². The van der Waals surface area contributed by atoms with Crippen LogP contribution in [-0.2, 0) is 9.53 Å². The highest BCUT2D eigenvalue weighted by molar-refractivity contribution is 9.09. The Hall–Kier alpha value is -0.0500. The number of rotatable bonds is 1. The first kappa shape index (κ1) is 7.06. The van der Waals surface area contributed by atoms with Gasteiger partial charge in [0.25, 0.3) is 0 Å². The van der Waals surface area contributed by atoms with E-state index in [4.69, 9.17) is 0 Å². The van der Waals surface area contributed by atoms with Gasteiger partial charge in [0, 0.05) is 4.83 Å². The molecule has 1 aliphatic rings. The molecule has 0 aromatic heterocycles. The van der Waals surface area contributed by atoms with Gasteiger partial charge in [0.1, 0.15) is 0 Å². The Balaban J connectivity index is 2.53. The standard InChI is InChI=1S/C6H9BrO2/c1-6(3-4(6)7)5(8)9-2/h4H,3H2,1-2H3/t4-,6-/m0/s1. The first-order valence-electron chi connectivity index (χ1n) is 2.84. The molecule has 0 heterocycles. The summed E-state index contributed by atoms with van der Waals surface area (Å²) in [6, 6.07) is 0. The molecule has 52 valence electrons. The average molecular weight is 193 g/mol. The summed E-state index contributed by atoms with van der Waals surface area (Å²) >= 11 is 3.35. The maximum Gasteiger partial charge on any atom is 0.312 e. The van der Waals surface area contributed by atoms with E-state index in [0.717, 1.165) is 6.42 Å². The van der Waals surface area contributed by atoms with Crippen LogP contribution in [0.25, 0.3) is 0 Å². The van der Waals surface area contributed by atoms with Gasteiger partial charge in [-0.15, -0.1) is 0 Å². The number of carbonyl (C=O) groups excluding carboxylic acids is 1. The summed E-state index contributed by atoms with van der Waals surface area (Å²) in [6.07, 6.45) is 0.902. The lowest BCUT2D eigenvalue weighted by molar-refractivity contribution is -0.146. The van der Waals surface area contributed by atoms with Crippen molar-refractivity contribution in [3.63, 3.8) is 0 Å². The van der Waals surface area contributed by atoms with Gasteiger partial charge in [-0.05, 0) is 13.3 Å². The summed E-state index contributed by atoms with van der Waals surface area (Å²) in [5.74, 6) is -0.107. The van der Waals surface area contributed by atoms with E-state index in [0.29, 0.717) is 4.83 Å². The second-order valence-corrected chi connectivity index (χ2v) is 3.69. The minimum Gasteiger partial charge on any atom is -0.469 e. The third kappa shape index (κ3) is 0.980. The molecule has 0 bridgehead atoms. The van der Waals surface area contributed by atoms with Gasteiger partial charge < -0.3 is 4.74 Å². The Morgan fingerprint density at radius 2 is 2.33 bits per heavy atom. The maximum absolute atomic E-state index is 10.9. The van der Waals surface area contributed by atoms with Crippen LogP contribution in [0, 0.1) is 5.41 Å². The van der Waals surface area contributed by atoms with E-state index in [1.807, 2.05) is 6.92 Å². The van der Waals surface area contributed by atoms with Gasteiger partial charge >= 0.3 is 5.97 Å². The zero-order valence-electron chi connectivity index (χ0n) is 5.48. The lowest BCUT2D eigenvalue weighted by Crippen LogP contribution is -2.15. The van der Waals surface area contributed by atoms with E-state index in [2.05, 4.69) is 20.7 Å². The molecule has 1 saturated carbocycles. The van der Waals surface area contributed by atoms with Gasteiger partial charge in [-0.25, -0.2) is 0 Å². The molecule has 1 fully saturated rings. The summed E-state index contributed by atoms with van der Waals surface area (Å²) in [5.41, 5.74) is -0.227. The van der Waals surface area contributed by atoms with E-state index in [9.17, 15) is 4.79 Å². The van der Waals surface area contributed by atoms with Crippen LogP contribution in [0.4, 0.5) is 0 Å². The molecule has 3 heteroatoms. The number of hydrogen-bond donors (Lipinski definition) is 0. The Bertz CT molecular complexity index is 146. The fourth-order valence-corrected chi connectivity index (χ4v) is 1.62. The van der Waals surface area contributed by atoms with E-state index in [-0.39, 0.29) is 11.4 Å². The normalized spacial score (nSPS) is 40.1. The quantitative estimate of drug-likeness (QED) is 0.463. The molecule has 0 unspecified atom stereocenters. The molecule has 0 aromatic carbocycles. The number of carbonyl (C=O) groups is 1. The lowest BCUT2D eigenvalue weighted by Gasteiger charge is -2.03. The first-order valence-corrected chi connectivity index (χ1v) is 3.75. The molecule has 1 rings (SSSR count). The van der Waals surface area contributed by atoms with Crippen molar-refractivity contribution >= 4 is 21.9 Å². The summed E-state index contributed by atoms with van der Waals surface area (Å²) < 4.78 is 4.58. The Morgan fingerprint density at radius 3 is 2.44 bits per heavy atom. The van der Waals surface area contributed by atoms with Crippen molar-refractivity contribution in [1.82, 2.24) is 0 Å². The second kappa shape index (κ2) is 1.97. The van der Waals surface area contributed by atoms with Gasteiger partial charge in [0.15, 0.2) is 0 Å². The zero-order valence-corrected chi connectivity index (χ0v) is 7.06. The van der Waals surface area contributed by atoms with Crippen LogP contribution in [0.3, 0.4) is 0 Å². The maximum atomic E-state index is 10.9. The molecule has 0 amide bonds. The largest absolute Gasteiger partial charge is 0.469 e. The van der Waals surface area contributed by atoms with Crippen LogP contribution in [0.15, 0.2) is 0 Å². The molecule has 0 spiro atoms. The van der Waals surface area contributed by atoms with Crippen molar-refractivity contribution in [2.45, 2.75) is 18.2 Å². The Morgan fingerprint density at radius 1 is 1.89 bits per heavy atom. The molecule has 9 heavy (non-hydrogen) atoms. The van der Waals surface area contributed by atoms with Gasteiger partial charge in [0.2, 0.25) is 0 Å². The van der Waals surface area contributed by atoms with Crippen LogP contribution in [0.2, 0.25) is 0 Å². The zero-order chi connectivity index (χ0) is 7.07. The topological polar surface area (TPSA) is 26.3 Å². The predicted octanol–water partition coefficient (Wildman–Crippen LogP) is 1.33. The SMILES string of the molecule is COC(=O)[C@@]1(C)C[C@@H]1Br. The second-order valence-electron chi connectivity index (χ2n) is 2.58. The predicted molar refractivity (Wildman–Crippen MR) is 37.5 cm³/mol. The highest BCUT2D eigenvalue weighted by Gasteiger charge is 2.55. The van der Waals surface area contributed by atoms with E-state index >= 15 is 0 Å². The first-order chi connectivity index (χ1) is 4.11. The molecule has 0 aromatic rings. The average Bonchev–Trinajstić information content (AvgIpc) is 2.41. The fourth-order valence-electron chi connectivity index (χ4n) is 0.758. The molecule has 1 aliphatic carbocycles. The van der Waals surface area contributed by atoms with Crippen molar-refractivity contribution in [3.05, 3.63) is 0 Å². The van der Waals surface area contributed by atoms with Crippen LogP contribution in [-0.4, -0.2) is 17.9 Å². The molecule has 0 aliphatic heterocycles. The van der Waals surface area contributed by atoms with Crippen molar-refractivity contribution in [1.29, 1.82) is 0 Å². The van der Waals surface area contributed by atoms with Crippen molar-refractivity contribution < 1.29 is 9.53 Å². The van der Waals surface area contributed by atoms with Crippen molar-refractivity contribution in [3.8, 4) is 0 Å². The number of esters is 1. The summed E-state index contributed by atoms with van der Waals surface area (Å²) in [6.45, 7) is 1.90. The lowest BCUT2D eigenvalue weighted by atomic mass is 10.1. The highest BCUT2D eigenvalue weighted by Crippen LogP contribution is 2.51. The Kier molecular flexibility index (Phi) is 1.55. The molecule has 0 radical (unpaired) electrons. The van der Waals surface area contributed by atoms with Gasteiger partial charge in [-0.3, -0.25) is 4.79 Å². The number of hydrogen-bond acceptors (Lipinski definition) is 2. The molecular weight excluding hydrogens is 184 g/mol. The molecule has 0 N–H and O–H groups in total. The number of halogens is 1. The van der Waals surface area contributed by atoms with E-state index in [1.165, 1.54) is 7.11 Å². The number of alkyl halides is 1. The van der Waals surface area contributed by atoms with Gasteiger partial charge in [-0.2, -0.15) is 0 Å². The van der Waals surface area contributed by atoms with Gasteiger partial charge in [0.05, 0.1) is 12.5 Å². The number of methoxy groups -OCH3 is 1. The number of ether oxygens (including phenoxy) is 1. The third-order valence-corrected chi connectivity index (χ3v) is 3.12. The summed E-state index contributed by atoms with van der Waals surface area (Å²) in [4.78, 5) is 11.2. The third-order valence-electron chi connectivity index (χ3n) is 1.79. The summed E-state index contributed by atoms with van der Waals surface area (Å²) in [5, 5.41) is 0. The molecule has 2 atom stereocenters. The van der Waals surface area contributed by atoms with E-state index < -0.39 is 0 Å². The fraction of sp³-hybridized carbons (Fsp3) is 0.833. The molecule has 2 nitrogen and oxygen atoms in total. The highest BCUT2D eigenvalue weighted by atomic mass is 79.9. The minimum absolute atomic E-state index is 0.107. The summed E-state index contributed by atoms with van der Waals surface area (Å²) in [7, 11) is 1.42. The monoisotopic (exact) mass is 192 g/mol. The molecule has 0 saturated heterocycles. The minimum atomic E-state index is -0.227.